The van der Waals surface area contributed by atoms with Crippen molar-refractivity contribution in [3.63, 3.8) is 0 Å². The van der Waals surface area contributed by atoms with Crippen molar-refractivity contribution in [1.29, 1.82) is 5.26 Å². The molecule has 0 amide bonds. The van der Waals surface area contributed by atoms with Crippen LogP contribution in [0, 0.1) is 28.9 Å². The lowest BCUT2D eigenvalue weighted by atomic mass is 10.0. The monoisotopic (exact) mass is 439 g/mol. The standard InChI is InChI=1S/C17H18IN3OS/c1-10-6-13(7-11(2)14(10)8-19)22-16-15(12-4-5-12)21(9-23-3)20-17(16)18/h6-7,12H,4-5,9H2,1-3H3. The smallest absolute Gasteiger partial charge is 0.182 e. The predicted octanol–water partition coefficient (Wildman–Crippen LogP) is 4.97. The highest BCUT2D eigenvalue weighted by atomic mass is 127. The number of aryl methyl sites for hydroxylation is 2. The normalized spacial score (nSPS) is 13.9. The first-order valence-electron chi connectivity index (χ1n) is 7.49. The van der Waals surface area contributed by atoms with Gasteiger partial charge in [0.25, 0.3) is 0 Å². The molecule has 0 unspecified atom stereocenters. The fourth-order valence-electron chi connectivity index (χ4n) is 2.77. The fourth-order valence-corrected chi connectivity index (χ4v) is 3.86. The molecular formula is C17H18IN3OS. The number of hydrogen-bond donors (Lipinski definition) is 0. The molecular weight excluding hydrogens is 421 g/mol. The second kappa shape index (κ2) is 6.73. The van der Waals surface area contributed by atoms with Gasteiger partial charge in [-0.1, -0.05) is 0 Å². The summed E-state index contributed by atoms with van der Waals surface area (Å²) < 4.78 is 9.19. The van der Waals surface area contributed by atoms with Gasteiger partial charge in [-0.15, -0.1) is 11.8 Å². The van der Waals surface area contributed by atoms with Crippen molar-refractivity contribution in [3.05, 3.63) is 38.2 Å². The van der Waals surface area contributed by atoms with Gasteiger partial charge in [0, 0.05) is 5.92 Å². The van der Waals surface area contributed by atoms with Crippen LogP contribution in [0.2, 0.25) is 0 Å². The number of rotatable bonds is 5. The maximum Gasteiger partial charge on any atom is 0.182 e. The van der Waals surface area contributed by atoms with E-state index in [1.807, 2.05) is 26.0 Å². The van der Waals surface area contributed by atoms with E-state index in [2.05, 4.69) is 44.7 Å². The van der Waals surface area contributed by atoms with Crippen molar-refractivity contribution in [2.24, 2.45) is 0 Å². The summed E-state index contributed by atoms with van der Waals surface area (Å²) in [6, 6.07) is 6.12. The first-order chi connectivity index (χ1) is 11.0. The van der Waals surface area contributed by atoms with Crippen molar-refractivity contribution in [1.82, 2.24) is 9.78 Å². The Morgan fingerprint density at radius 1 is 1.39 bits per heavy atom. The number of nitriles is 1. The number of nitrogens with zero attached hydrogens (tertiary/aromatic N) is 3. The number of halogens is 1. The molecule has 0 N–H and O–H groups in total. The maximum atomic E-state index is 9.20. The van der Waals surface area contributed by atoms with Gasteiger partial charge in [-0.05, 0) is 78.8 Å². The van der Waals surface area contributed by atoms with Crippen LogP contribution in [0.4, 0.5) is 0 Å². The highest BCUT2D eigenvalue weighted by molar-refractivity contribution is 14.1. The Balaban J connectivity index is 1.99. The summed E-state index contributed by atoms with van der Waals surface area (Å²) in [7, 11) is 0. The Hall–Kier alpha value is -1.20. The molecule has 6 heteroatoms. The largest absolute Gasteiger partial charge is 0.453 e. The van der Waals surface area contributed by atoms with E-state index >= 15 is 0 Å². The molecule has 0 saturated heterocycles. The number of aromatic nitrogens is 2. The third kappa shape index (κ3) is 3.36. The molecule has 0 atom stereocenters. The second-order valence-corrected chi connectivity index (χ2v) is 7.70. The molecule has 1 fully saturated rings. The summed E-state index contributed by atoms with van der Waals surface area (Å²) in [4.78, 5) is 0. The van der Waals surface area contributed by atoms with Gasteiger partial charge >= 0.3 is 0 Å². The Bertz CT molecular complexity index is 767. The van der Waals surface area contributed by atoms with E-state index in [0.717, 1.165) is 37.8 Å². The fraction of sp³-hybridized carbons (Fsp3) is 0.412. The Morgan fingerprint density at radius 3 is 2.57 bits per heavy atom. The van der Waals surface area contributed by atoms with E-state index in [0.29, 0.717) is 5.92 Å². The van der Waals surface area contributed by atoms with Crippen LogP contribution in [0.1, 0.15) is 41.1 Å². The number of hydrogen-bond acceptors (Lipinski definition) is 4. The highest BCUT2D eigenvalue weighted by Gasteiger charge is 2.33. The van der Waals surface area contributed by atoms with Crippen LogP contribution >= 0.6 is 34.4 Å². The molecule has 0 spiro atoms. The predicted molar refractivity (Wildman–Crippen MR) is 101 cm³/mol. The summed E-state index contributed by atoms with van der Waals surface area (Å²) >= 11 is 4.01. The lowest BCUT2D eigenvalue weighted by Gasteiger charge is -2.11. The topological polar surface area (TPSA) is 50.8 Å². The van der Waals surface area contributed by atoms with Crippen LogP contribution in [-0.2, 0) is 5.88 Å². The number of thioether (sulfide) groups is 1. The lowest BCUT2D eigenvalue weighted by molar-refractivity contribution is 0.470. The summed E-state index contributed by atoms with van der Waals surface area (Å²) in [5.41, 5.74) is 3.83. The third-order valence-corrected chi connectivity index (χ3v) is 5.17. The molecule has 0 radical (unpaired) electrons. The summed E-state index contributed by atoms with van der Waals surface area (Å²) in [5.74, 6) is 3.07. The molecule has 23 heavy (non-hydrogen) atoms. The molecule has 1 heterocycles. The van der Waals surface area contributed by atoms with E-state index in [1.165, 1.54) is 18.5 Å². The van der Waals surface area contributed by atoms with Crippen LogP contribution in [0.25, 0.3) is 0 Å². The highest BCUT2D eigenvalue weighted by Crippen LogP contribution is 2.47. The van der Waals surface area contributed by atoms with Gasteiger partial charge in [0.15, 0.2) is 9.45 Å². The van der Waals surface area contributed by atoms with E-state index in [1.54, 1.807) is 11.8 Å². The zero-order chi connectivity index (χ0) is 16.6. The molecule has 3 rings (SSSR count). The molecule has 120 valence electrons. The molecule has 4 nitrogen and oxygen atoms in total. The van der Waals surface area contributed by atoms with Crippen LogP contribution in [0.5, 0.6) is 11.5 Å². The van der Waals surface area contributed by atoms with Gasteiger partial charge in [-0.2, -0.15) is 10.4 Å². The van der Waals surface area contributed by atoms with E-state index in [9.17, 15) is 5.26 Å². The van der Waals surface area contributed by atoms with Gasteiger partial charge in [0.05, 0.1) is 23.2 Å². The number of benzene rings is 1. The van der Waals surface area contributed by atoms with Crippen molar-refractivity contribution in [2.75, 3.05) is 6.26 Å². The van der Waals surface area contributed by atoms with E-state index < -0.39 is 0 Å². The van der Waals surface area contributed by atoms with Gasteiger partial charge in [0.2, 0.25) is 0 Å². The van der Waals surface area contributed by atoms with Crippen molar-refractivity contribution in [2.45, 2.75) is 38.5 Å². The van der Waals surface area contributed by atoms with Crippen LogP contribution in [-0.4, -0.2) is 16.0 Å². The maximum absolute atomic E-state index is 9.20. The summed E-state index contributed by atoms with van der Waals surface area (Å²) in [5, 5.41) is 13.8. The minimum Gasteiger partial charge on any atom is -0.453 e. The van der Waals surface area contributed by atoms with Crippen LogP contribution in [0.15, 0.2) is 12.1 Å². The Morgan fingerprint density at radius 2 is 2.04 bits per heavy atom. The van der Waals surface area contributed by atoms with Gasteiger partial charge < -0.3 is 4.74 Å². The van der Waals surface area contributed by atoms with Crippen molar-refractivity contribution < 1.29 is 4.74 Å². The molecule has 1 aromatic heterocycles. The first kappa shape index (κ1) is 16.7. The SMILES string of the molecule is CSCn1nc(I)c(Oc2cc(C)c(C#N)c(C)c2)c1C1CC1. The van der Waals surface area contributed by atoms with E-state index in [-0.39, 0.29) is 0 Å². The van der Waals surface area contributed by atoms with Gasteiger partial charge in [-0.25, -0.2) is 0 Å². The molecule has 1 aliphatic rings. The zero-order valence-electron chi connectivity index (χ0n) is 13.4. The molecule has 0 bridgehead atoms. The second-order valence-electron chi connectivity index (χ2n) is 5.84. The average molecular weight is 439 g/mol. The van der Waals surface area contributed by atoms with Crippen LogP contribution < -0.4 is 4.74 Å². The molecule has 2 aromatic rings. The van der Waals surface area contributed by atoms with Crippen LogP contribution in [0.3, 0.4) is 0 Å². The van der Waals surface area contributed by atoms with Gasteiger partial charge in [-0.3, -0.25) is 4.68 Å². The number of ether oxygens (including phenoxy) is 1. The minimum atomic E-state index is 0.564. The molecule has 1 aliphatic carbocycles. The average Bonchev–Trinajstić information content (AvgIpc) is 3.26. The zero-order valence-corrected chi connectivity index (χ0v) is 16.4. The lowest BCUT2D eigenvalue weighted by Crippen LogP contribution is -2.02. The Labute approximate surface area is 154 Å². The first-order valence-corrected chi connectivity index (χ1v) is 9.96. The molecule has 1 saturated carbocycles. The third-order valence-electron chi connectivity index (χ3n) is 3.96. The molecule has 1 aromatic carbocycles. The van der Waals surface area contributed by atoms with Crippen molar-refractivity contribution >= 4 is 34.4 Å². The van der Waals surface area contributed by atoms with E-state index in [4.69, 9.17) is 4.74 Å². The minimum absolute atomic E-state index is 0.564. The summed E-state index contributed by atoms with van der Waals surface area (Å²) in [6.45, 7) is 3.89. The summed E-state index contributed by atoms with van der Waals surface area (Å²) in [6.07, 6.45) is 4.50. The van der Waals surface area contributed by atoms with Crippen molar-refractivity contribution in [3.8, 4) is 17.6 Å². The Kier molecular flexibility index (Phi) is 4.87. The molecule has 0 aliphatic heterocycles. The van der Waals surface area contributed by atoms with Gasteiger partial charge in [0.1, 0.15) is 5.75 Å². The quantitative estimate of drug-likeness (QED) is 0.618.